The van der Waals surface area contributed by atoms with Crippen molar-refractivity contribution in [2.24, 2.45) is 0 Å². The lowest BCUT2D eigenvalue weighted by Crippen LogP contribution is -2.19. The van der Waals surface area contributed by atoms with E-state index in [1.807, 2.05) is 37.3 Å². The van der Waals surface area contributed by atoms with Gasteiger partial charge in [0.25, 0.3) is 0 Å². The van der Waals surface area contributed by atoms with Crippen molar-refractivity contribution in [3.05, 3.63) is 64.6 Å². The number of carbonyl (C=O) groups is 1. The molecule has 0 spiro atoms. The molecule has 25 heavy (non-hydrogen) atoms. The fraction of sp³-hybridized carbons (Fsp3) is 0.118. The Hall–Kier alpha value is -2.64. The number of urea groups is 1. The van der Waals surface area contributed by atoms with Gasteiger partial charge < -0.3 is 10.1 Å². The first-order valence-electron chi connectivity index (χ1n) is 7.49. The zero-order valence-corrected chi connectivity index (χ0v) is 14.8. The summed E-state index contributed by atoms with van der Waals surface area (Å²) >= 11 is 7.14. The van der Waals surface area contributed by atoms with Gasteiger partial charge in [-0.2, -0.15) is 0 Å². The summed E-state index contributed by atoms with van der Waals surface area (Å²) in [5, 5.41) is 15.0. The smallest absolute Gasteiger partial charge is 0.325 e. The molecule has 2 N–H and O–H groups in total. The Labute approximate surface area is 153 Å². The minimum Gasteiger partial charge on any atom is -0.483 e. The van der Waals surface area contributed by atoms with Crippen LogP contribution in [0.25, 0.3) is 0 Å². The van der Waals surface area contributed by atoms with Crippen LogP contribution in [0.1, 0.15) is 18.0 Å². The zero-order chi connectivity index (χ0) is 17.6. The van der Waals surface area contributed by atoms with Gasteiger partial charge >= 0.3 is 6.03 Å². The molecule has 0 bridgehead atoms. The maximum atomic E-state index is 12.0. The number of rotatable bonds is 5. The van der Waals surface area contributed by atoms with Gasteiger partial charge in [-0.05, 0) is 37.3 Å². The Bertz CT molecular complexity index is 857. The van der Waals surface area contributed by atoms with E-state index in [-0.39, 0.29) is 6.10 Å². The molecule has 8 heteroatoms. The highest BCUT2D eigenvalue weighted by atomic mass is 35.5. The van der Waals surface area contributed by atoms with E-state index in [0.717, 1.165) is 5.75 Å². The molecule has 0 unspecified atom stereocenters. The number of nitrogens with zero attached hydrogens (tertiary/aromatic N) is 2. The van der Waals surface area contributed by atoms with Gasteiger partial charge in [-0.25, -0.2) is 4.79 Å². The number of carbonyl (C=O) groups excluding carboxylic acids is 1. The summed E-state index contributed by atoms with van der Waals surface area (Å²) in [7, 11) is 0. The van der Waals surface area contributed by atoms with E-state index in [0.29, 0.717) is 20.8 Å². The van der Waals surface area contributed by atoms with E-state index >= 15 is 0 Å². The maximum absolute atomic E-state index is 12.0. The molecule has 128 valence electrons. The molecule has 1 aromatic heterocycles. The molecule has 0 saturated heterocycles. The van der Waals surface area contributed by atoms with E-state index in [1.54, 1.807) is 24.3 Å². The molecule has 1 atom stereocenters. The van der Waals surface area contributed by atoms with E-state index in [2.05, 4.69) is 20.8 Å². The minimum atomic E-state index is -0.415. The highest BCUT2D eigenvalue weighted by molar-refractivity contribution is 7.15. The van der Waals surface area contributed by atoms with Gasteiger partial charge in [-0.15, -0.1) is 10.2 Å². The average Bonchev–Trinajstić information content (AvgIpc) is 3.04. The van der Waals surface area contributed by atoms with Crippen LogP contribution in [0.15, 0.2) is 54.6 Å². The van der Waals surface area contributed by atoms with Gasteiger partial charge in [0.2, 0.25) is 5.13 Å². The number of hydrogen-bond acceptors (Lipinski definition) is 5. The predicted octanol–water partition coefficient (Wildman–Crippen LogP) is 4.98. The molecule has 0 aliphatic heterocycles. The number of amides is 2. The third-order valence-corrected chi connectivity index (χ3v) is 4.38. The molecule has 2 amide bonds. The maximum Gasteiger partial charge on any atom is 0.325 e. The normalized spacial score (nSPS) is 11.6. The lowest BCUT2D eigenvalue weighted by molar-refractivity contribution is 0.225. The van der Waals surface area contributed by atoms with Crippen molar-refractivity contribution in [3.8, 4) is 5.75 Å². The Morgan fingerprint density at radius 2 is 1.92 bits per heavy atom. The molecule has 0 saturated carbocycles. The Morgan fingerprint density at radius 1 is 1.12 bits per heavy atom. The standard InChI is InChI=1S/C17H15ClN4O2S/c1-11(24-14-8-3-2-4-9-14)15-21-22-17(25-15)20-16(23)19-13-7-5-6-12(18)10-13/h2-11H,1H3,(H2,19,20,22,23)/t11-/m0/s1. The van der Waals surface area contributed by atoms with Gasteiger partial charge in [-0.3, -0.25) is 5.32 Å². The third kappa shape index (κ3) is 4.91. The Morgan fingerprint density at radius 3 is 2.68 bits per heavy atom. The first-order valence-corrected chi connectivity index (χ1v) is 8.68. The topological polar surface area (TPSA) is 76.1 Å². The second kappa shape index (κ2) is 7.96. The minimum absolute atomic E-state index is 0.272. The van der Waals surface area contributed by atoms with E-state index in [1.165, 1.54) is 11.3 Å². The Kier molecular flexibility index (Phi) is 5.47. The molecule has 6 nitrogen and oxygen atoms in total. The fourth-order valence-corrected chi connectivity index (χ4v) is 2.94. The number of para-hydroxylation sites is 1. The zero-order valence-electron chi connectivity index (χ0n) is 13.3. The van der Waals surface area contributed by atoms with E-state index in [4.69, 9.17) is 16.3 Å². The van der Waals surface area contributed by atoms with Crippen LogP contribution >= 0.6 is 22.9 Å². The molecular weight excluding hydrogens is 360 g/mol. The largest absolute Gasteiger partial charge is 0.483 e. The second-order valence-electron chi connectivity index (χ2n) is 5.11. The van der Waals surface area contributed by atoms with Crippen LogP contribution in [-0.2, 0) is 0 Å². The van der Waals surface area contributed by atoms with Gasteiger partial charge in [0.15, 0.2) is 5.01 Å². The van der Waals surface area contributed by atoms with Gasteiger partial charge in [-0.1, -0.05) is 47.2 Å². The molecule has 0 aliphatic carbocycles. The van der Waals surface area contributed by atoms with Gasteiger partial charge in [0, 0.05) is 10.7 Å². The molecular formula is C17H15ClN4O2S. The number of halogens is 1. The summed E-state index contributed by atoms with van der Waals surface area (Å²) in [5.41, 5.74) is 0.593. The molecule has 0 aliphatic rings. The van der Waals surface area contributed by atoms with Crippen molar-refractivity contribution in [1.82, 2.24) is 10.2 Å². The van der Waals surface area contributed by atoms with Gasteiger partial charge in [0.1, 0.15) is 11.9 Å². The summed E-state index contributed by atoms with van der Waals surface area (Å²) in [6.45, 7) is 1.88. The third-order valence-electron chi connectivity index (χ3n) is 3.15. The van der Waals surface area contributed by atoms with Crippen LogP contribution < -0.4 is 15.4 Å². The lowest BCUT2D eigenvalue weighted by Gasteiger charge is -2.11. The highest BCUT2D eigenvalue weighted by Gasteiger charge is 2.15. The number of aromatic nitrogens is 2. The first-order chi connectivity index (χ1) is 12.1. The van der Waals surface area contributed by atoms with Crippen molar-refractivity contribution >= 4 is 39.8 Å². The quantitative estimate of drug-likeness (QED) is 0.660. The van der Waals surface area contributed by atoms with E-state index < -0.39 is 6.03 Å². The molecule has 2 aromatic carbocycles. The molecule has 3 aromatic rings. The van der Waals surface area contributed by atoms with Crippen LogP contribution in [0.4, 0.5) is 15.6 Å². The summed E-state index contributed by atoms with van der Waals surface area (Å²) in [5.74, 6) is 0.749. The number of nitrogens with one attached hydrogen (secondary N) is 2. The fourth-order valence-electron chi connectivity index (χ4n) is 2.03. The summed E-state index contributed by atoms with van der Waals surface area (Å²) in [4.78, 5) is 12.0. The Balaban J connectivity index is 1.58. The molecule has 3 rings (SSSR count). The van der Waals surface area contributed by atoms with Crippen LogP contribution in [0.5, 0.6) is 5.75 Å². The van der Waals surface area contributed by atoms with Crippen LogP contribution in [0.2, 0.25) is 5.02 Å². The predicted molar refractivity (Wildman–Crippen MR) is 99.5 cm³/mol. The highest BCUT2D eigenvalue weighted by Crippen LogP contribution is 2.26. The number of hydrogen-bond donors (Lipinski definition) is 2. The monoisotopic (exact) mass is 374 g/mol. The summed E-state index contributed by atoms with van der Waals surface area (Å²) < 4.78 is 5.79. The van der Waals surface area contributed by atoms with Gasteiger partial charge in [0.05, 0.1) is 0 Å². The molecule has 1 heterocycles. The van der Waals surface area contributed by atoms with Crippen LogP contribution in [0.3, 0.4) is 0 Å². The van der Waals surface area contributed by atoms with Crippen molar-refractivity contribution < 1.29 is 9.53 Å². The van der Waals surface area contributed by atoms with Crippen molar-refractivity contribution in [1.29, 1.82) is 0 Å². The van der Waals surface area contributed by atoms with E-state index in [9.17, 15) is 4.79 Å². The number of ether oxygens (including phenoxy) is 1. The van der Waals surface area contributed by atoms with Crippen molar-refractivity contribution in [2.75, 3.05) is 10.6 Å². The van der Waals surface area contributed by atoms with Crippen molar-refractivity contribution in [3.63, 3.8) is 0 Å². The first kappa shape index (κ1) is 17.2. The summed E-state index contributed by atoms with van der Waals surface area (Å²) in [6, 6.07) is 15.9. The lowest BCUT2D eigenvalue weighted by atomic mass is 10.3. The molecule has 0 radical (unpaired) electrons. The van der Waals surface area contributed by atoms with Crippen LogP contribution in [-0.4, -0.2) is 16.2 Å². The number of benzene rings is 2. The van der Waals surface area contributed by atoms with Crippen LogP contribution in [0, 0.1) is 0 Å². The molecule has 0 fully saturated rings. The summed E-state index contributed by atoms with van der Waals surface area (Å²) in [6.07, 6.45) is -0.272. The second-order valence-corrected chi connectivity index (χ2v) is 6.55. The SMILES string of the molecule is C[C@H](Oc1ccccc1)c1nnc(NC(=O)Nc2cccc(Cl)c2)s1. The number of anilines is 2. The average molecular weight is 375 g/mol. The van der Waals surface area contributed by atoms with Crippen molar-refractivity contribution in [2.45, 2.75) is 13.0 Å².